The van der Waals surface area contributed by atoms with Gasteiger partial charge in [-0.25, -0.2) is 4.79 Å². The monoisotopic (exact) mass is 458 g/mol. The Morgan fingerprint density at radius 2 is 2.00 bits per heavy atom. The van der Waals surface area contributed by atoms with Gasteiger partial charge in [0.1, 0.15) is 24.0 Å². The first kappa shape index (κ1) is 19.9. The van der Waals surface area contributed by atoms with E-state index < -0.39 is 17.7 Å². The van der Waals surface area contributed by atoms with Crippen LogP contribution in [0.15, 0.2) is 46.9 Å². The zero-order valence-electron chi connectivity index (χ0n) is 16.2. The molecule has 0 spiro atoms. The van der Waals surface area contributed by atoms with E-state index in [0.717, 1.165) is 34.2 Å². The van der Waals surface area contributed by atoms with E-state index in [0.29, 0.717) is 5.75 Å². The zero-order chi connectivity index (χ0) is 20.6. The molecule has 2 unspecified atom stereocenters. The van der Waals surface area contributed by atoms with Crippen LogP contribution < -0.4 is 10.1 Å². The predicted molar refractivity (Wildman–Crippen MR) is 112 cm³/mol. The molecule has 1 heterocycles. The lowest BCUT2D eigenvalue weighted by Crippen LogP contribution is -2.42. The van der Waals surface area contributed by atoms with Crippen molar-refractivity contribution in [1.29, 1.82) is 0 Å². The van der Waals surface area contributed by atoms with Gasteiger partial charge in [0, 0.05) is 4.47 Å². The van der Waals surface area contributed by atoms with Crippen LogP contribution >= 0.6 is 15.9 Å². The van der Waals surface area contributed by atoms with E-state index in [1.54, 1.807) is 19.1 Å². The van der Waals surface area contributed by atoms with E-state index in [1.165, 1.54) is 11.1 Å². The zero-order valence-corrected chi connectivity index (χ0v) is 17.7. The summed E-state index contributed by atoms with van der Waals surface area (Å²) in [6, 6.07) is 12.7. The topological polar surface area (TPSA) is 78.9 Å². The van der Waals surface area contributed by atoms with Crippen molar-refractivity contribution in [1.82, 2.24) is 10.2 Å². The number of amides is 3. The first-order valence-corrected chi connectivity index (χ1v) is 10.5. The summed E-state index contributed by atoms with van der Waals surface area (Å²) in [6.07, 6.45) is 2.18. The first-order chi connectivity index (χ1) is 13.9. The minimum absolute atomic E-state index is 0.0247. The Kier molecular flexibility index (Phi) is 5.36. The second-order valence-corrected chi connectivity index (χ2v) is 8.65. The van der Waals surface area contributed by atoms with Crippen molar-refractivity contribution in [3.8, 4) is 5.75 Å². The van der Waals surface area contributed by atoms with Crippen molar-refractivity contribution >= 4 is 27.9 Å². The van der Waals surface area contributed by atoms with Gasteiger partial charge in [0.15, 0.2) is 0 Å². The van der Waals surface area contributed by atoms with Crippen LogP contribution in [0.3, 0.4) is 0 Å². The molecule has 0 radical (unpaired) electrons. The molecule has 1 aliphatic carbocycles. The lowest BCUT2D eigenvalue weighted by molar-refractivity contribution is -0.132. The number of fused-ring (bicyclic) bond motifs is 1. The number of aliphatic hydroxyl groups excluding tert-OH is 1. The molecule has 29 heavy (non-hydrogen) atoms. The fourth-order valence-corrected chi connectivity index (χ4v) is 4.33. The Balaban J connectivity index is 1.43. The minimum atomic E-state index is -1.13. The predicted octanol–water partition coefficient (Wildman–Crippen LogP) is 3.14. The van der Waals surface area contributed by atoms with E-state index in [1.807, 2.05) is 30.3 Å². The minimum Gasteiger partial charge on any atom is -0.491 e. The van der Waals surface area contributed by atoms with E-state index in [4.69, 9.17) is 4.74 Å². The van der Waals surface area contributed by atoms with Crippen LogP contribution in [0.25, 0.3) is 0 Å². The number of ether oxygens (including phenoxy) is 1. The normalized spacial score (nSPS) is 21.8. The van der Waals surface area contributed by atoms with Crippen molar-refractivity contribution in [2.24, 2.45) is 0 Å². The summed E-state index contributed by atoms with van der Waals surface area (Å²) in [4.78, 5) is 26.6. The van der Waals surface area contributed by atoms with Crippen LogP contribution in [0, 0.1) is 0 Å². The molecule has 6 nitrogen and oxygen atoms in total. The number of aryl methyl sites for hydroxylation is 2. The molecule has 1 aliphatic heterocycles. The van der Waals surface area contributed by atoms with Crippen LogP contribution in [0.2, 0.25) is 0 Å². The number of aliphatic hydroxyl groups is 1. The maximum atomic E-state index is 13.1. The third kappa shape index (κ3) is 3.89. The average molecular weight is 459 g/mol. The standard InChI is InChI=1S/C22H23BrN2O4/c1-22(16-9-8-14-4-2-5-15(14)10-16)20(27)25(21(28)24-22)12-18(26)13-29-19-7-3-6-17(23)11-19/h3,6-11,18,26H,2,4-5,12-13H2,1H3,(H,24,28). The van der Waals surface area contributed by atoms with Gasteiger partial charge in [-0.1, -0.05) is 40.2 Å². The van der Waals surface area contributed by atoms with Crippen LogP contribution in [0.1, 0.15) is 30.0 Å². The van der Waals surface area contributed by atoms with Gasteiger partial charge in [0.2, 0.25) is 0 Å². The highest BCUT2D eigenvalue weighted by molar-refractivity contribution is 9.10. The van der Waals surface area contributed by atoms with E-state index >= 15 is 0 Å². The number of nitrogens with zero attached hydrogens (tertiary/aromatic N) is 1. The molecule has 2 aromatic rings. The van der Waals surface area contributed by atoms with Gasteiger partial charge in [-0.15, -0.1) is 0 Å². The molecule has 2 aliphatic rings. The summed E-state index contributed by atoms with van der Waals surface area (Å²) < 4.78 is 6.43. The molecule has 1 saturated heterocycles. The molecular weight excluding hydrogens is 436 g/mol. The first-order valence-electron chi connectivity index (χ1n) is 9.69. The van der Waals surface area contributed by atoms with Gasteiger partial charge in [-0.3, -0.25) is 9.69 Å². The number of rotatable bonds is 6. The highest BCUT2D eigenvalue weighted by Crippen LogP contribution is 2.32. The highest BCUT2D eigenvalue weighted by Gasteiger charge is 2.49. The molecule has 0 saturated carbocycles. The molecule has 3 amide bonds. The van der Waals surface area contributed by atoms with Crippen molar-refractivity contribution in [2.75, 3.05) is 13.2 Å². The molecular formula is C22H23BrN2O4. The summed E-state index contributed by atoms with van der Waals surface area (Å²) in [5, 5.41) is 13.1. The van der Waals surface area contributed by atoms with Crippen LogP contribution in [-0.4, -0.2) is 41.2 Å². The summed E-state index contributed by atoms with van der Waals surface area (Å²) in [5.74, 6) is 0.237. The Morgan fingerprint density at radius 1 is 1.21 bits per heavy atom. The second kappa shape index (κ2) is 7.80. The largest absolute Gasteiger partial charge is 0.491 e. The van der Waals surface area contributed by atoms with Gasteiger partial charge in [-0.2, -0.15) is 0 Å². The molecule has 4 rings (SSSR count). The smallest absolute Gasteiger partial charge is 0.325 e. The van der Waals surface area contributed by atoms with Gasteiger partial charge >= 0.3 is 6.03 Å². The fraction of sp³-hybridized carbons (Fsp3) is 0.364. The highest BCUT2D eigenvalue weighted by atomic mass is 79.9. The molecule has 0 bridgehead atoms. The summed E-state index contributed by atoms with van der Waals surface area (Å²) in [7, 11) is 0. The molecule has 0 aromatic heterocycles. The maximum Gasteiger partial charge on any atom is 0.325 e. The number of benzene rings is 2. The van der Waals surface area contributed by atoms with Gasteiger partial charge in [0.05, 0.1) is 6.54 Å². The lowest BCUT2D eigenvalue weighted by Gasteiger charge is -2.24. The van der Waals surface area contributed by atoms with E-state index in [-0.39, 0.29) is 19.1 Å². The molecule has 1 fully saturated rings. The Labute approximate surface area is 178 Å². The summed E-state index contributed by atoms with van der Waals surface area (Å²) >= 11 is 3.36. The van der Waals surface area contributed by atoms with Crippen molar-refractivity contribution in [3.05, 3.63) is 63.6 Å². The number of hydrogen-bond acceptors (Lipinski definition) is 4. The number of β-amino-alcohol motifs (C(OH)–C–C–N with tert-alkyl or cyclic N) is 1. The Hall–Kier alpha value is -2.38. The fourth-order valence-electron chi connectivity index (χ4n) is 3.95. The number of urea groups is 1. The third-order valence-corrected chi connectivity index (χ3v) is 6.08. The van der Waals surface area contributed by atoms with Crippen molar-refractivity contribution < 1.29 is 19.4 Å². The van der Waals surface area contributed by atoms with Crippen LogP contribution in [-0.2, 0) is 23.2 Å². The number of hydrogen-bond donors (Lipinski definition) is 2. The van der Waals surface area contributed by atoms with Crippen molar-refractivity contribution in [2.45, 2.75) is 37.8 Å². The molecule has 7 heteroatoms. The number of carbonyl (C=O) groups is 2. The maximum absolute atomic E-state index is 13.1. The number of halogens is 1. The molecule has 2 aromatic carbocycles. The quantitative estimate of drug-likeness (QED) is 0.651. The summed E-state index contributed by atoms with van der Waals surface area (Å²) in [5.41, 5.74) is 2.20. The van der Waals surface area contributed by atoms with E-state index in [9.17, 15) is 14.7 Å². The molecule has 152 valence electrons. The molecule has 2 N–H and O–H groups in total. The average Bonchev–Trinajstić information content (AvgIpc) is 3.25. The third-order valence-electron chi connectivity index (χ3n) is 5.58. The summed E-state index contributed by atoms with van der Waals surface area (Å²) in [6.45, 7) is 1.57. The van der Waals surface area contributed by atoms with Crippen LogP contribution in [0.4, 0.5) is 4.79 Å². The molecule has 2 atom stereocenters. The van der Waals surface area contributed by atoms with Gasteiger partial charge < -0.3 is 15.2 Å². The van der Waals surface area contributed by atoms with Crippen molar-refractivity contribution in [3.63, 3.8) is 0 Å². The lowest BCUT2D eigenvalue weighted by atomic mass is 9.89. The Morgan fingerprint density at radius 3 is 2.79 bits per heavy atom. The Bertz CT molecular complexity index is 964. The SMILES string of the molecule is CC1(c2ccc3c(c2)CCC3)NC(=O)N(CC(O)COc2cccc(Br)c2)C1=O. The van der Waals surface area contributed by atoms with Gasteiger partial charge in [0.25, 0.3) is 5.91 Å². The number of carbonyl (C=O) groups excluding carboxylic acids is 2. The second-order valence-electron chi connectivity index (χ2n) is 7.73. The van der Waals surface area contributed by atoms with E-state index in [2.05, 4.69) is 21.2 Å². The van der Waals surface area contributed by atoms with Gasteiger partial charge in [-0.05, 0) is 61.1 Å². The van der Waals surface area contributed by atoms with Crippen LogP contribution in [0.5, 0.6) is 5.75 Å². The number of nitrogens with one attached hydrogen (secondary N) is 1. The number of imide groups is 1.